The van der Waals surface area contributed by atoms with Gasteiger partial charge in [0.1, 0.15) is 6.10 Å². The van der Waals surface area contributed by atoms with Crippen molar-refractivity contribution in [1.82, 2.24) is 0 Å². The van der Waals surface area contributed by atoms with Gasteiger partial charge in [-0.25, -0.2) is 0 Å². The van der Waals surface area contributed by atoms with Gasteiger partial charge in [-0.15, -0.1) is 0 Å². The molecule has 2 heteroatoms. The Morgan fingerprint density at radius 2 is 1.93 bits per heavy atom. The van der Waals surface area contributed by atoms with E-state index in [2.05, 4.69) is 6.92 Å². The minimum atomic E-state index is -0.123. The molecule has 0 N–H and O–H groups in total. The molecular formula is C12H22O2. The summed E-state index contributed by atoms with van der Waals surface area (Å²) in [5.41, 5.74) is 0. The highest BCUT2D eigenvalue weighted by atomic mass is 16.5. The van der Waals surface area contributed by atoms with Gasteiger partial charge in [-0.05, 0) is 31.6 Å². The number of rotatable bonds is 4. The van der Waals surface area contributed by atoms with Crippen molar-refractivity contribution in [3.05, 3.63) is 0 Å². The first-order valence-electron chi connectivity index (χ1n) is 5.89. The first-order valence-corrected chi connectivity index (χ1v) is 5.89. The van der Waals surface area contributed by atoms with E-state index >= 15 is 0 Å². The quantitative estimate of drug-likeness (QED) is 0.648. The molecule has 0 heterocycles. The van der Waals surface area contributed by atoms with Crippen molar-refractivity contribution in [2.45, 2.75) is 64.9 Å². The zero-order valence-electron chi connectivity index (χ0n) is 9.42. The van der Waals surface area contributed by atoms with Crippen molar-refractivity contribution in [1.29, 1.82) is 0 Å². The lowest BCUT2D eigenvalue weighted by molar-refractivity contribution is -0.148. The summed E-state index contributed by atoms with van der Waals surface area (Å²) < 4.78 is 5.21. The molecule has 0 bridgehead atoms. The minimum absolute atomic E-state index is 0.123. The molecule has 1 aliphatic rings. The number of carbonyl (C=O) groups excluding carboxylic acids is 1. The second-order valence-electron chi connectivity index (χ2n) is 4.39. The molecule has 14 heavy (non-hydrogen) atoms. The van der Waals surface area contributed by atoms with Gasteiger partial charge in [0.2, 0.25) is 0 Å². The van der Waals surface area contributed by atoms with E-state index in [0.29, 0.717) is 0 Å². The van der Waals surface area contributed by atoms with Gasteiger partial charge >= 0.3 is 5.97 Å². The summed E-state index contributed by atoms with van der Waals surface area (Å²) in [4.78, 5) is 10.7. The first kappa shape index (κ1) is 11.5. The fourth-order valence-electron chi connectivity index (χ4n) is 2.27. The van der Waals surface area contributed by atoms with E-state index in [-0.39, 0.29) is 12.1 Å². The highest BCUT2D eigenvalue weighted by Gasteiger charge is 2.22. The molecule has 0 amide bonds. The number of hydrogen-bond donors (Lipinski definition) is 0. The van der Waals surface area contributed by atoms with Crippen LogP contribution in [0.2, 0.25) is 0 Å². The van der Waals surface area contributed by atoms with E-state index < -0.39 is 0 Å². The lowest BCUT2D eigenvalue weighted by Crippen LogP contribution is -2.23. The summed E-state index contributed by atoms with van der Waals surface area (Å²) >= 11 is 0. The zero-order valence-corrected chi connectivity index (χ0v) is 9.42. The SMILES string of the molecule is CCCCC1CCC(OC(C)=O)CC1. The van der Waals surface area contributed by atoms with Gasteiger partial charge in [0.15, 0.2) is 0 Å². The summed E-state index contributed by atoms with van der Waals surface area (Å²) in [5, 5.41) is 0. The predicted octanol–water partition coefficient (Wildman–Crippen LogP) is 3.30. The Morgan fingerprint density at radius 1 is 1.29 bits per heavy atom. The molecule has 0 aliphatic heterocycles. The molecule has 0 unspecified atom stereocenters. The fourth-order valence-corrected chi connectivity index (χ4v) is 2.27. The van der Waals surface area contributed by atoms with E-state index in [0.717, 1.165) is 18.8 Å². The molecule has 1 rings (SSSR count). The van der Waals surface area contributed by atoms with Crippen molar-refractivity contribution < 1.29 is 9.53 Å². The highest BCUT2D eigenvalue weighted by Crippen LogP contribution is 2.29. The molecule has 82 valence electrons. The summed E-state index contributed by atoms with van der Waals surface area (Å²) in [5.74, 6) is 0.767. The van der Waals surface area contributed by atoms with Gasteiger partial charge < -0.3 is 4.74 Å². The summed E-state index contributed by atoms with van der Waals surface area (Å²) in [7, 11) is 0. The number of esters is 1. The topological polar surface area (TPSA) is 26.3 Å². The zero-order chi connectivity index (χ0) is 10.4. The molecule has 2 nitrogen and oxygen atoms in total. The smallest absolute Gasteiger partial charge is 0.302 e. The largest absolute Gasteiger partial charge is 0.463 e. The van der Waals surface area contributed by atoms with E-state index in [4.69, 9.17) is 4.74 Å². The minimum Gasteiger partial charge on any atom is -0.463 e. The molecule has 0 spiro atoms. The third-order valence-electron chi connectivity index (χ3n) is 3.09. The van der Waals surface area contributed by atoms with Gasteiger partial charge in [0.05, 0.1) is 0 Å². The molecule has 0 aromatic heterocycles. The molecule has 0 atom stereocenters. The summed E-state index contributed by atoms with van der Waals surface area (Å²) in [6.45, 7) is 3.74. The van der Waals surface area contributed by atoms with Gasteiger partial charge in [-0.1, -0.05) is 26.2 Å². The molecular weight excluding hydrogens is 176 g/mol. The average molecular weight is 198 g/mol. The maximum atomic E-state index is 10.7. The van der Waals surface area contributed by atoms with Crippen molar-refractivity contribution >= 4 is 5.97 Å². The maximum absolute atomic E-state index is 10.7. The number of ether oxygens (including phenoxy) is 1. The highest BCUT2D eigenvalue weighted by molar-refractivity contribution is 5.66. The van der Waals surface area contributed by atoms with Crippen LogP contribution in [0.3, 0.4) is 0 Å². The second kappa shape index (κ2) is 6.05. The van der Waals surface area contributed by atoms with Crippen LogP contribution in [0.4, 0.5) is 0 Å². The first-order chi connectivity index (χ1) is 6.72. The second-order valence-corrected chi connectivity index (χ2v) is 4.39. The van der Waals surface area contributed by atoms with Crippen LogP contribution in [-0.2, 0) is 9.53 Å². The Bertz CT molecular complexity index is 169. The van der Waals surface area contributed by atoms with Crippen LogP contribution in [-0.4, -0.2) is 12.1 Å². The van der Waals surface area contributed by atoms with Crippen molar-refractivity contribution in [3.63, 3.8) is 0 Å². The normalized spacial score (nSPS) is 27.3. The summed E-state index contributed by atoms with van der Waals surface area (Å²) in [6, 6.07) is 0. The molecule has 0 aromatic rings. The van der Waals surface area contributed by atoms with Crippen molar-refractivity contribution in [3.8, 4) is 0 Å². The van der Waals surface area contributed by atoms with Crippen molar-refractivity contribution in [2.24, 2.45) is 5.92 Å². The molecule has 1 fully saturated rings. The van der Waals surface area contributed by atoms with E-state index in [9.17, 15) is 4.79 Å². The molecule has 1 saturated carbocycles. The third kappa shape index (κ3) is 4.12. The Morgan fingerprint density at radius 3 is 2.43 bits per heavy atom. The molecule has 0 saturated heterocycles. The Hall–Kier alpha value is -0.530. The Labute approximate surface area is 87.0 Å². The Balaban J connectivity index is 2.14. The van der Waals surface area contributed by atoms with E-state index in [1.165, 1.54) is 39.0 Å². The Kier molecular flexibility index (Phi) is 4.99. The van der Waals surface area contributed by atoms with E-state index in [1.807, 2.05) is 0 Å². The number of unbranched alkanes of at least 4 members (excludes halogenated alkanes) is 1. The van der Waals surface area contributed by atoms with E-state index in [1.54, 1.807) is 0 Å². The average Bonchev–Trinajstić information content (AvgIpc) is 2.16. The van der Waals surface area contributed by atoms with Crippen LogP contribution in [0.5, 0.6) is 0 Å². The molecule has 0 aromatic carbocycles. The number of hydrogen-bond acceptors (Lipinski definition) is 2. The summed E-state index contributed by atoms with van der Waals surface area (Å²) in [6.07, 6.45) is 8.87. The van der Waals surface area contributed by atoms with Crippen LogP contribution >= 0.6 is 0 Å². The molecule has 0 radical (unpaired) electrons. The fraction of sp³-hybridized carbons (Fsp3) is 0.917. The lowest BCUT2D eigenvalue weighted by Gasteiger charge is -2.27. The van der Waals surface area contributed by atoms with Gasteiger partial charge in [-0.3, -0.25) is 4.79 Å². The van der Waals surface area contributed by atoms with Gasteiger partial charge in [-0.2, -0.15) is 0 Å². The third-order valence-corrected chi connectivity index (χ3v) is 3.09. The van der Waals surface area contributed by atoms with Crippen LogP contribution < -0.4 is 0 Å². The lowest BCUT2D eigenvalue weighted by atomic mass is 9.84. The number of carbonyl (C=O) groups is 1. The standard InChI is InChI=1S/C12H22O2/c1-3-4-5-11-6-8-12(9-7-11)14-10(2)13/h11-12H,3-9H2,1-2H3. The van der Waals surface area contributed by atoms with Crippen LogP contribution in [0.25, 0.3) is 0 Å². The van der Waals surface area contributed by atoms with Gasteiger partial charge in [0, 0.05) is 6.92 Å². The van der Waals surface area contributed by atoms with Crippen LogP contribution in [0, 0.1) is 5.92 Å². The molecule has 1 aliphatic carbocycles. The monoisotopic (exact) mass is 198 g/mol. The van der Waals surface area contributed by atoms with Crippen LogP contribution in [0.1, 0.15) is 58.8 Å². The van der Waals surface area contributed by atoms with Crippen molar-refractivity contribution in [2.75, 3.05) is 0 Å². The van der Waals surface area contributed by atoms with Crippen LogP contribution in [0.15, 0.2) is 0 Å². The predicted molar refractivity (Wildman–Crippen MR) is 57.0 cm³/mol. The van der Waals surface area contributed by atoms with Gasteiger partial charge in [0.25, 0.3) is 0 Å². The maximum Gasteiger partial charge on any atom is 0.302 e.